The number of aryl methyl sites for hydroxylation is 1. The van der Waals surface area contributed by atoms with Gasteiger partial charge in [0.2, 0.25) is 17.7 Å². The van der Waals surface area contributed by atoms with Crippen LogP contribution in [0, 0.1) is 6.92 Å². The molecule has 212 valence electrons. The van der Waals surface area contributed by atoms with Gasteiger partial charge in [0.25, 0.3) is 0 Å². The molecule has 0 spiro atoms. The van der Waals surface area contributed by atoms with Crippen molar-refractivity contribution in [2.24, 2.45) is 0 Å². The minimum atomic E-state index is -1.09. The molecule has 1 atom stereocenters. The van der Waals surface area contributed by atoms with Gasteiger partial charge in [0.05, 0.1) is 19.8 Å². The van der Waals surface area contributed by atoms with Crippen LogP contribution >= 0.6 is 0 Å². The van der Waals surface area contributed by atoms with Crippen molar-refractivity contribution >= 4 is 35.2 Å². The second kappa shape index (κ2) is 12.9. The Morgan fingerprint density at radius 2 is 1.62 bits per heavy atom. The van der Waals surface area contributed by atoms with Crippen molar-refractivity contribution in [3.63, 3.8) is 0 Å². The first-order chi connectivity index (χ1) is 18.9. The summed E-state index contributed by atoms with van der Waals surface area (Å²) in [7, 11) is 2.80. The Morgan fingerprint density at radius 3 is 2.15 bits per heavy atom. The Labute approximate surface area is 232 Å². The summed E-state index contributed by atoms with van der Waals surface area (Å²) in [6, 6.07) is 13.4. The van der Waals surface area contributed by atoms with Gasteiger partial charge in [0, 0.05) is 30.1 Å². The minimum Gasteiger partial charge on any atom is -0.497 e. The molecule has 40 heavy (non-hydrogen) atoms. The van der Waals surface area contributed by atoms with Crippen LogP contribution in [0.25, 0.3) is 0 Å². The van der Waals surface area contributed by atoms with Gasteiger partial charge >= 0.3 is 5.97 Å². The number of esters is 1. The fourth-order valence-electron chi connectivity index (χ4n) is 3.93. The van der Waals surface area contributed by atoms with Crippen LogP contribution < -0.4 is 20.3 Å². The lowest BCUT2D eigenvalue weighted by atomic mass is 9.99. The van der Waals surface area contributed by atoms with Crippen LogP contribution in [0.15, 0.2) is 59.1 Å². The second-order valence-electron chi connectivity index (χ2n) is 10.1. The van der Waals surface area contributed by atoms with Gasteiger partial charge in [-0.2, -0.15) is 0 Å². The van der Waals surface area contributed by atoms with Crippen LogP contribution in [0.1, 0.15) is 61.3 Å². The number of hydrogen-bond acceptors (Lipinski definition) is 8. The molecule has 2 aromatic carbocycles. The summed E-state index contributed by atoms with van der Waals surface area (Å²) in [5.74, 6) is -0.540. The lowest BCUT2D eigenvalue weighted by Gasteiger charge is -2.34. The number of nitrogens with zero attached hydrogens (tertiary/aromatic N) is 2. The number of anilines is 2. The van der Waals surface area contributed by atoms with Crippen molar-refractivity contribution in [2.45, 2.75) is 52.1 Å². The Hall–Kier alpha value is -4.67. The molecule has 3 aromatic rings. The van der Waals surface area contributed by atoms with Gasteiger partial charge in [-0.15, -0.1) is 0 Å². The van der Waals surface area contributed by atoms with Crippen molar-refractivity contribution in [1.29, 1.82) is 0 Å². The number of nitrogens with one attached hydrogen (secondary N) is 2. The number of benzene rings is 2. The monoisotopic (exact) mass is 550 g/mol. The lowest BCUT2D eigenvalue weighted by Crippen LogP contribution is -2.49. The van der Waals surface area contributed by atoms with E-state index in [1.54, 1.807) is 49.4 Å². The van der Waals surface area contributed by atoms with E-state index in [4.69, 9.17) is 14.0 Å². The van der Waals surface area contributed by atoms with Crippen LogP contribution in [0.3, 0.4) is 0 Å². The third-order valence-electron chi connectivity index (χ3n) is 5.73. The molecule has 3 amide bonds. The molecule has 11 heteroatoms. The van der Waals surface area contributed by atoms with Crippen LogP contribution in [-0.4, -0.2) is 48.6 Å². The number of carbonyl (C=O) groups excluding carboxylic acids is 4. The van der Waals surface area contributed by atoms with Crippen LogP contribution in [-0.2, 0) is 19.1 Å². The Bertz CT molecular complexity index is 1340. The van der Waals surface area contributed by atoms with E-state index in [2.05, 4.69) is 15.8 Å². The summed E-state index contributed by atoms with van der Waals surface area (Å²) in [6.07, 6.45) is -0.380. The number of hydrogen-bond donors (Lipinski definition) is 2. The van der Waals surface area contributed by atoms with Crippen molar-refractivity contribution in [3.8, 4) is 5.75 Å². The number of rotatable bonds is 10. The highest BCUT2D eigenvalue weighted by Crippen LogP contribution is 2.31. The number of ether oxygens (including phenoxy) is 2. The number of carbonyl (C=O) groups is 4. The average Bonchev–Trinajstić information content (AvgIpc) is 3.33. The highest BCUT2D eigenvalue weighted by molar-refractivity contribution is 6.03. The highest BCUT2D eigenvalue weighted by atomic mass is 16.5. The first-order valence-corrected chi connectivity index (χ1v) is 12.6. The molecule has 0 radical (unpaired) electrons. The SMILES string of the molecule is COC(=O)c1ccc(N(C(=O)CCC(=O)Nc2cc(C)on2)[C@H](C(=O)NC(C)(C)C)c2ccc(OC)cc2)cc1. The van der Waals surface area contributed by atoms with Crippen molar-refractivity contribution < 1.29 is 33.2 Å². The minimum absolute atomic E-state index is 0.169. The summed E-state index contributed by atoms with van der Waals surface area (Å²) in [5, 5.41) is 9.28. The van der Waals surface area contributed by atoms with Crippen LogP contribution in [0.5, 0.6) is 5.75 Å². The lowest BCUT2D eigenvalue weighted by molar-refractivity contribution is -0.128. The number of methoxy groups -OCH3 is 2. The summed E-state index contributed by atoms with van der Waals surface area (Å²) in [6.45, 7) is 7.20. The van der Waals surface area contributed by atoms with Crippen molar-refractivity contribution in [1.82, 2.24) is 10.5 Å². The normalized spacial score (nSPS) is 11.8. The molecule has 0 aliphatic heterocycles. The van der Waals surface area contributed by atoms with Crippen molar-refractivity contribution in [3.05, 3.63) is 71.5 Å². The van der Waals surface area contributed by atoms with Crippen LogP contribution in [0.4, 0.5) is 11.5 Å². The highest BCUT2D eigenvalue weighted by Gasteiger charge is 2.34. The largest absolute Gasteiger partial charge is 0.497 e. The van der Waals surface area contributed by atoms with E-state index in [1.807, 2.05) is 20.8 Å². The molecule has 1 aromatic heterocycles. The molecule has 0 aliphatic carbocycles. The summed E-state index contributed by atoms with van der Waals surface area (Å²) in [4.78, 5) is 53.4. The van der Waals surface area contributed by atoms with E-state index >= 15 is 0 Å². The van der Waals surface area contributed by atoms with Gasteiger partial charge < -0.3 is 24.6 Å². The maximum atomic E-state index is 13.8. The smallest absolute Gasteiger partial charge is 0.337 e. The zero-order valence-electron chi connectivity index (χ0n) is 23.4. The Kier molecular flexibility index (Phi) is 9.65. The predicted molar refractivity (Wildman–Crippen MR) is 148 cm³/mol. The molecule has 0 unspecified atom stereocenters. The molecular weight excluding hydrogens is 516 g/mol. The van der Waals surface area contributed by atoms with Gasteiger partial charge in [-0.3, -0.25) is 19.3 Å². The van der Waals surface area contributed by atoms with Gasteiger partial charge in [-0.1, -0.05) is 17.3 Å². The topological polar surface area (TPSA) is 140 Å². The molecule has 0 fully saturated rings. The zero-order chi connectivity index (χ0) is 29.4. The fourth-order valence-corrected chi connectivity index (χ4v) is 3.93. The fraction of sp³-hybridized carbons (Fsp3) is 0.345. The van der Waals surface area contributed by atoms with Gasteiger partial charge in [-0.25, -0.2) is 4.79 Å². The molecule has 0 bridgehead atoms. The standard InChI is InChI=1S/C29H34N4O7/c1-18-17-23(32-40-18)30-24(34)15-16-25(35)33(21-11-7-20(8-12-21)28(37)39-6)26(27(36)31-29(2,3)4)19-9-13-22(38-5)14-10-19/h7-14,17,26H,15-16H2,1-6H3,(H,31,36)(H,30,32,34)/t26-/m0/s1. The summed E-state index contributed by atoms with van der Waals surface area (Å²) >= 11 is 0. The van der Waals surface area contributed by atoms with Gasteiger partial charge in [-0.05, 0) is 69.7 Å². The molecule has 3 rings (SSSR count). The number of amides is 3. The van der Waals surface area contributed by atoms with Crippen molar-refractivity contribution in [2.75, 3.05) is 24.4 Å². The Balaban J connectivity index is 2.00. The van der Waals surface area contributed by atoms with E-state index in [0.29, 0.717) is 22.8 Å². The molecule has 0 aliphatic rings. The van der Waals surface area contributed by atoms with E-state index in [9.17, 15) is 19.2 Å². The van der Waals surface area contributed by atoms with E-state index in [1.165, 1.54) is 31.3 Å². The van der Waals surface area contributed by atoms with Gasteiger partial charge in [0.15, 0.2) is 5.82 Å². The average molecular weight is 551 g/mol. The first kappa shape index (κ1) is 29.9. The summed E-state index contributed by atoms with van der Waals surface area (Å²) < 4.78 is 15.0. The maximum absolute atomic E-state index is 13.8. The number of aromatic nitrogens is 1. The van der Waals surface area contributed by atoms with E-state index in [-0.39, 0.29) is 24.2 Å². The van der Waals surface area contributed by atoms with Crippen LogP contribution in [0.2, 0.25) is 0 Å². The first-order valence-electron chi connectivity index (χ1n) is 12.6. The third-order valence-corrected chi connectivity index (χ3v) is 5.73. The summed E-state index contributed by atoms with van der Waals surface area (Å²) in [5.41, 5.74) is 0.563. The van der Waals surface area contributed by atoms with Gasteiger partial charge in [0.1, 0.15) is 17.6 Å². The quantitative estimate of drug-likeness (QED) is 0.358. The molecule has 0 saturated carbocycles. The van der Waals surface area contributed by atoms with E-state index in [0.717, 1.165) is 0 Å². The molecule has 0 saturated heterocycles. The molecular formula is C29H34N4O7. The predicted octanol–water partition coefficient (Wildman–Crippen LogP) is 4.19. The van der Waals surface area contributed by atoms with E-state index < -0.39 is 35.3 Å². The molecule has 2 N–H and O–H groups in total. The third kappa shape index (κ3) is 7.92. The Morgan fingerprint density at radius 1 is 0.975 bits per heavy atom. The molecule has 1 heterocycles. The maximum Gasteiger partial charge on any atom is 0.337 e. The molecule has 11 nitrogen and oxygen atoms in total. The zero-order valence-corrected chi connectivity index (χ0v) is 23.4. The second-order valence-corrected chi connectivity index (χ2v) is 10.1.